The van der Waals surface area contributed by atoms with Crippen LogP contribution in [0.15, 0.2) is 0 Å². The molecule has 1 nitrogen and oxygen atoms in total. The van der Waals surface area contributed by atoms with Crippen LogP contribution in [0, 0.1) is 41.1 Å². The average Bonchev–Trinajstić information content (AvgIpc) is 2.43. The zero-order valence-corrected chi connectivity index (χ0v) is 11.7. The summed E-state index contributed by atoms with van der Waals surface area (Å²) in [6.07, 6.45) is 5.28. The molecule has 5 unspecified atom stereocenters. The number of hydrogen-bond donors (Lipinski definition) is 0. The lowest BCUT2D eigenvalue weighted by Gasteiger charge is -2.54. The molecule has 0 aromatic carbocycles. The monoisotopic (exact) mass is 231 g/mol. The van der Waals surface area contributed by atoms with Gasteiger partial charge in [0.2, 0.25) is 6.04 Å². The summed E-state index contributed by atoms with van der Waals surface area (Å²) in [7, 11) is 0. The number of nitrogens with zero attached hydrogens (tertiary/aromatic N) is 1. The first-order chi connectivity index (χ1) is 7.89. The van der Waals surface area contributed by atoms with Crippen molar-refractivity contribution in [3.63, 3.8) is 0 Å². The van der Waals surface area contributed by atoms with Gasteiger partial charge in [-0.05, 0) is 48.3 Å². The molecule has 4 fully saturated rings. The summed E-state index contributed by atoms with van der Waals surface area (Å²) in [6.45, 7) is 17.2. The van der Waals surface area contributed by atoms with Gasteiger partial charge in [-0.25, -0.2) is 6.57 Å². The van der Waals surface area contributed by atoms with Gasteiger partial charge in [-0.15, -0.1) is 0 Å². The van der Waals surface area contributed by atoms with Crippen molar-refractivity contribution in [1.29, 1.82) is 0 Å². The van der Waals surface area contributed by atoms with Gasteiger partial charge in [-0.2, -0.15) is 0 Å². The van der Waals surface area contributed by atoms with Crippen molar-refractivity contribution in [2.24, 2.45) is 34.5 Å². The lowest BCUT2D eigenvalue weighted by molar-refractivity contribution is -0.0497. The Hall–Kier alpha value is -0.510. The molecule has 94 valence electrons. The largest absolute Gasteiger partial charge is 0.313 e. The fourth-order valence-corrected chi connectivity index (χ4v) is 5.86. The SMILES string of the molecule is [C-]#[N+][C@@H]1CC2C3CC1(C)CC2(C)CC3C(C)C. The Labute approximate surface area is 106 Å². The first-order valence-electron chi connectivity index (χ1n) is 7.26. The van der Waals surface area contributed by atoms with E-state index < -0.39 is 0 Å². The molecular formula is C16H25N. The molecule has 0 aromatic heterocycles. The first-order valence-corrected chi connectivity index (χ1v) is 7.26. The van der Waals surface area contributed by atoms with Gasteiger partial charge in [0.05, 0.1) is 0 Å². The smallest absolute Gasteiger partial charge is 0.229 e. The molecule has 0 amide bonds. The molecule has 6 atom stereocenters. The van der Waals surface area contributed by atoms with Crippen LogP contribution < -0.4 is 0 Å². The maximum Gasteiger partial charge on any atom is 0.229 e. The van der Waals surface area contributed by atoms with E-state index in [-0.39, 0.29) is 0 Å². The van der Waals surface area contributed by atoms with Crippen LogP contribution in [0.2, 0.25) is 0 Å². The second kappa shape index (κ2) is 3.28. The summed E-state index contributed by atoms with van der Waals surface area (Å²) in [5, 5.41) is 0. The number of fused-ring (bicyclic) bond motifs is 1. The fourth-order valence-electron chi connectivity index (χ4n) is 5.86. The maximum atomic E-state index is 7.45. The molecule has 1 heteroatoms. The van der Waals surface area contributed by atoms with Gasteiger partial charge < -0.3 is 4.85 Å². The highest BCUT2D eigenvalue weighted by Gasteiger charge is 2.66. The van der Waals surface area contributed by atoms with Crippen LogP contribution in [0.4, 0.5) is 0 Å². The van der Waals surface area contributed by atoms with Crippen LogP contribution in [-0.2, 0) is 0 Å². The number of rotatable bonds is 1. The fraction of sp³-hybridized carbons (Fsp3) is 0.938. The number of hydrogen-bond acceptors (Lipinski definition) is 0. The van der Waals surface area contributed by atoms with Gasteiger partial charge in [0.1, 0.15) is 0 Å². The van der Waals surface area contributed by atoms with E-state index in [2.05, 4.69) is 32.5 Å². The summed E-state index contributed by atoms with van der Waals surface area (Å²) in [4.78, 5) is 3.95. The normalized spacial score (nSPS) is 56.2. The van der Waals surface area contributed by atoms with Crippen LogP contribution >= 0.6 is 0 Å². The van der Waals surface area contributed by atoms with Crippen LogP contribution in [0.5, 0.6) is 0 Å². The standard InChI is InChI=1S/C16H25N/c1-10(2)11-7-15(3)9-16(4)8-12(11)13(15)6-14(16)17-5/h10-14H,6-9H2,1-4H3/t11?,12?,13?,14-,15?,16?/m1/s1. The van der Waals surface area contributed by atoms with Crippen molar-refractivity contribution in [3.05, 3.63) is 11.4 Å². The Bertz CT molecular complexity index is 379. The van der Waals surface area contributed by atoms with Crippen molar-refractivity contribution in [2.45, 2.75) is 59.4 Å². The molecule has 17 heavy (non-hydrogen) atoms. The van der Waals surface area contributed by atoms with Gasteiger partial charge in [0.25, 0.3) is 0 Å². The average molecular weight is 231 g/mol. The highest BCUT2D eigenvalue weighted by Crippen LogP contribution is 2.70. The van der Waals surface area contributed by atoms with Crippen molar-refractivity contribution in [1.82, 2.24) is 0 Å². The Morgan fingerprint density at radius 1 is 1.18 bits per heavy atom. The molecule has 4 bridgehead atoms. The quantitative estimate of drug-likeness (QED) is 0.589. The Morgan fingerprint density at radius 3 is 2.41 bits per heavy atom. The highest BCUT2D eigenvalue weighted by molar-refractivity contribution is 5.17. The minimum Gasteiger partial charge on any atom is -0.313 e. The zero-order valence-electron chi connectivity index (χ0n) is 11.7. The van der Waals surface area contributed by atoms with Gasteiger partial charge in [-0.1, -0.05) is 27.7 Å². The zero-order chi connectivity index (χ0) is 12.4. The lowest BCUT2D eigenvalue weighted by Crippen LogP contribution is -2.52. The minimum atomic E-state index is 0.322. The molecule has 0 N–H and O–H groups in total. The summed E-state index contributed by atoms with van der Waals surface area (Å²) in [5.41, 5.74) is 0.896. The summed E-state index contributed by atoms with van der Waals surface area (Å²) in [6, 6.07) is 0.322. The Kier molecular flexibility index (Phi) is 2.23. The third kappa shape index (κ3) is 1.36. The molecule has 4 rings (SSSR count). The lowest BCUT2D eigenvalue weighted by atomic mass is 9.49. The van der Waals surface area contributed by atoms with Crippen LogP contribution in [0.3, 0.4) is 0 Å². The van der Waals surface area contributed by atoms with E-state index in [4.69, 9.17) is 6.57 Å². The van der Waals surface area contributed by atoms with Crippen molar-refractivity contribution >= 4 is 0 Å². The van der Waals surface area contributed by atoms with E-state index in [0.29, 0.717) is 16.9 Å². The summed E-state index contributed by atoms with van der Waals surface area (Å²) < 4.78 is 0. The van der Waals surface area contributed by atoms with E-state index in [1.165, 1.54) is 25.7 Å². The second-order valence-corrected chi connectivity index (χ2v) is 7.95. The topological polar surface area (TPSA) is 4.36 Å². The molecule has 0 spiro atoms. The van der Waals surface area contributed by atoms with E-state index in [1.54, 1.807) is 0 Å². The van der Waals surface area contributed by atoms with Crippen molar-refractivity contribution < 1.29 is 0 Å². The predicted octanol–water partition coefficient (Wildman–Crippen LogP) is 4.39. The second-order valence-electron chi connectivity index (χ2n) is 7.95. The Balaban J connectivity index is 1.98. The van der Waals surface area contributed by atoms with E-state index >= 15 is 0 Å². The summed E-state index contributed by atoms with van der Waals surface area (Å²) >= 11 is 0. The van der Waals surface area contributed by atoms with Crippen molar-refractivity contribution in [2.75, 3.05) is 0 Å². The maximum absolute atomic E-state index is 7.45. The van der Waals surface area contributed by atoms with E-state index in [0.717, 1.165) is 23.7 Å². The molecule has 0 radical (unpaired) electrons. The molecule has 0 heterocycles. The molecule has 0 aliphatic heterocycles. The van der Waals surface area contributed by atoms with Crippen LogP contribution in [0.25, 0.3) is 4.85 Å². The van der Waals surface area contributed by atoms with Crippen LogP contribution in [-0.4, -0.2) is 6.04 Å². The molecule has 4 aliphatic rings. The van der Waals surface area contributed by atoms with E-state index in [9.17, 15) is 0 Å². The van der Waals surface area contributed by atoms with Crippen molar-refractivity contribution in [3.8, 4) is 0 Å². The molecule has 0 saturated heterocycles. The predicted molar refractivity (Wildman–Crippen MR) is 70.4 cm³/mol. The Morgan fingerprint density at radius 2 is 1.88 bits per heavy atom. The van der Waals surface area contributed by atoms with Gasteiger partial charge >= 0.3 is 0 Å². The summed E-state index contributed by atoms with van der Waals surface area (Å²) in [5.74, 6) is 3.54. The first kappa shape index (κ1) is 11.6. The van der Waals surface area contributed by atoms with E-state index in [1.807, 2.05) is 0 Å². The van der Waals surface area contributed by atoms with Gasteiger partial charge in [0.15, 0.2) is 0 Å². The molecule has 0 aromatic rings. The third-order valence-corrected chi connectivity index (χ3v) is 6.47. The highest BCUT2D eigenvalue weighted by atomic mass is 14.8. The van der Waals surface area contributed by atoms with Crippen LogP contribution in [0.1, 0.15) is 53.4 Å². The molecule has 4 aliphatic carbocycles. The molecule has 4 saturated carbocycles. The van der Waals surface area contributed by atoms with Gasteiger partial charge in [-0.3, -0.25) is 0 Å². The third-order valence-electron chi connectivity index (χ3n) is 6.47. The van der Waals surface area contributed by atoms with Gasteiger partial charge in [0, 0.05) is 11.8 Å². The minimum absolute atomic E-state index is 0.322. The molecular weight excluding hydrogens is 206 g/mol.